The van der Waals surface area contributed by atoms with E-state index in [9.17, 15) is 14.4 Å². The van der Waals surface area contributed by atoms with Crippen molar-refractivity contribution in [2.45, 2.75) is 44.4 Å². The summed E-state index contributed by atoms with van der Waals surface area (Å²) in [5.74, 6) is -0.670. The van der Waals surface area contributed by atoms with Gasteiger partial charge in [0.25, 0.3) is 11.8 Å². The van der Waals surface area contributed by atoms with Gasteiger partial charge in [-0.1, -0.05) is 36.7 Å². The Labute approximate surface area is 203 Å². The summed E-state index contributed by atoms with van der Waals surface area (Å²) in [6.45, 7) is 6.54. The summed E-state index contributed by atoms with van der Waals surface area (Å²) in [4.78, 5) is 42.3. The zero-order valence-corrected chi connectivity index (χ0v) is 20.0. The zero-order chi connectivity index (χ0) is 24.0. The van der Waals surface area contributed by atoms with Crippen LogP contribution in [0.2, 0.25) is 5.02 Å². The van der Waals surface area contributed by atoms with E-state index < -0.39 is 17.5 Å². The number of imide groups is 1. The molecule has 0 spiro atoms. The molecule has 3 aliphatic rings. The minimum atomic E-state index is -1.36. The molecule has 4 amide bonds. The number of nitrogens with zero attached hydrogens (tertiary/aromatic N) is 2. The van der Waals surface area contributed by atoms with E-state index in [0.29, 0.717) is 34.8 Å². The van der Waals surface area contributed by atoms with E-state index in [1.165, 1.54) is 0 Å². The predicted molar refractivity (Wildman–Crippen MR) is 130 cm³/mol. The van der Waals surface area contributed by atoms with Gasteiger partial charge in [0.1, 0.15) is 0 Å². The van der Waals surface area contributed by atoms with E-state index in [0.717, 1.165) is 30.8 Å². The van der Waals surface area contributed by atoms with Crippen molar-refractivity contribution in [1.82, 2.24) is 20.9 Å². The number of carbonyl (C=O) groups is 3. The molecule has 2 aromatic carbocycles. The molecule has 9 heteroatoms. The van der Waals surface area contributed by atoms with Gasteiger partial charge in [-0.15, -0.1) is 0 Å². The molecule has 0 bridgehead atoms. The van der Waals surface area contributed by atoms with Crippen molar-refractivity contribution in [2.24, 2.45) is 0 Å². The molecule has 2 aromatic rings. The number of carbonyl (C=O) groups excluding carboxylic acids is 3. The van der Waals surface area contributed by atoms with Gasteiger partial charge in [-0.2, -0.15) is 0 Å². The molecule has 0 saturated carbocycles. The minimum absolute atomic E-state index is 0.0248. The molecule has 5 rings (SSSR count). The molecule has 178 valence electrons. The van der Waals surface area contributed by atoms with Crippen LogP contribution in [0.4, 0.5) is 10.5 Å². The molecule has 8 nitrogen and oxygen atoms in total. The smallest absolute Gasteiger partial charge is 0.322 e. The molecule has 34 heavy (non-hydrogen) atoms. The quantitative estimate of drug-likeness (QED) is 0.571. The van der Waals surface area contributed by atoms with Crippen LogP contribution >= 0.6 is 11.6 Å². The lowest BCUT2D eigenvalue weighted by Gasteiger charge is -2.40. The van der Waals surface area contributed by atoms with Gasteiger partial charge < -0.3 is 20.4 Å². The van der Waals surface area contributed by atoms with Crippen molar-refractivity contribution >= 4 is 35.1 Å². The third-order valence-corrected chi connectivity index (χ3v) is 7.39. The van der Waals surface area contributed by atoms with Crippen LogP contribution in [0.25, 0.3) is 0 Å². The second-order valence-corrected chi connectivity index (χ2v) is 9.77. The number of amides is 4. The van der Waals surface area contributed by atoms with Gasteiger partial charge in [0.2, 0.25) is 0 Å². The van der Waals surface area contributed by atoms with Gasteiger partial charge in [0.15, 0.2) is 5.54 Å². The van der Waals surface area contributed by atoms with Gasteiger partial charge in [0.05, 0.1) is 6.54 Å². The number of piperazine rings is 1. The lowest BCUT2D eigenvalue weighted by atomic mass is 9.88. The number of fused-ring (bicyclic) bond motifs is 1. The van der Waals surface area contributed by atoms with Gasteiger partial charge in [-0.05, 0) is 48.7 Å². The predicted octanol–water partition coefficient (Wildman–Crippen LogP) is 2.61. The van der Waals surface area contributed by atoms with Gasteiger partial charge in [-0.3, -0.25) is 14.9 Å². The van der Waals surface area contributed by atoms with Crippen LogP contribution in [0.15, 0.2) is 42.5 Å². The third kappa shape index (κ3) is 3.80. The van der Waals surface area contributed by atoms with Crippen LogP contribution in [-0.2, 0) is 16.9 Å². The van der Waals surface area contributed by atoms with Crippen LogP contribution in [0.1, 0.15) is 41.8 Å². The Morgan fingerprint density at radius 2 is 1.88 bits per heavy atom. The fraction of sp³-hybridized carbons (Fsp3) is 0.400. The summed E-state index contributed by atoms with van der Waals surface area (Å²) in [7, 11) is 0. The van der Waals surface area contributed by atoms with Crippen molar-refractivity contribution in [3.05, 3.63) is 64.2 Å². The van der Waals surface area contributed by atoms with E-state index in [2.05, 4.69) is 34.7 Å². The highest BCUT2D eigenvalue weighted by Gasteiger charge is 2.50. The normalized spacial score (nSPS) is 26.5. The SMILES string of the molecule is CCC1CN(c2ccc(C3(CN4Cc5ccc(Cl)cc5C4=O)NC(=O)NC3=O)cc2)C(C)CN1. The fourth-order valence-corrected chi connectivity index (χ4v) is 5.32. The second-order valence-electron chi connectivity index (χ2n) is 9.34. The number of anilines is 1. The summed E-state index contributed by atoms with van der Waals surface area (Å²) in [6.07, 6.45) is 1.05. The Bertz CT molecular complexity index is 1150. The lowest BCUT2D eigenvalue weighted by Crippen LogP contribution is -2.55. The Balaban J connectivity index is 1.44. The first-order chi connectivity index (χ1) is 16.3. The number of halogens is 1. The number of nitrogens with one attached hydrogen (secondary N) is 3. The summed E-state index contributed by atoms with van der Waals surface area (Å²) >= 11 is 6.08. The molecule has 3 aliphatic heterocycles. The monoisotopic (exact) mass is 481 g/mol. The molecule has 3 unspecified atom stereocenters. The number of urea groups is 1. The topological polar surface area (TPSA) is 93.8 Å². The molecular weight excluding hydrogens is 454 g/mol. The summed E-state index contributed by atoms with van der Waals surface area (Å²) in [5.41, 5.74) is 1.72. The number of hydrogen-bond donors (Lipinski definition) is 3. The van der Waals surface area contributed by atoms with Crippen molar-refractivity contribution in [3.63, 3.8) is 0 Å². The Morgan fingerprint density at radius 1 is 1.12 bits per heavy atom. The second kappa shape index (κ2) is 8.60. The molecular formula is C25H28ClN5O3. The van der Waals surface area contributed by atoms with E-state index >= 15 is 0 Å². The van der Waals surface area contributed by atoms with E-state index in [1.807, 2.05) is 30.3 Å². The first kappa shape index (κ1) is 22.7. The molecule has 2 saturated heterocycles. The fourth-order valence-electron chi connectivity index (χ4n) is 5.15. The van der Waals surface area contributed by atoms with Crippen molar-refractivity contribution in [2.75, 3.05) is 24.5 Å². The average molecular weight is 482 g/mol. The Kier molecular flexibility index (Phi) is 5.73. The molecule has 3 atom stereocenters. The van der Waals surface area contributed by atoms with Gasteiger partial charge >= 0.3 is 6.03 Å². The zero-order valence-electron chi connectivity index (χ0n) is 19.2. The van der Waals surface area contributed by atoms with Crippen LogP contribution < -0.4 is 20.9 Å². The van der Waals surface area contributed by atoms with Crippen molar-refractivity contribution in [1.29, 1.82) is 0 Å². The minimum Gasteiger partial charge on any atom is -0.366 e. The van der Waals surface area contributed by atoms with Crippen molar-refractivity contribution < 1.29 is 14.4 Å². The average Bonchev–Trinajstić information content (AvgIpc) is 3.29. The highest BCUT2D eigenvalue weighted by Crippen LogP contribution is 2.33. The first-order valence-electron chi connectivity index (χ1n) is 11.6. The van der Waals surface area contributed by atoms with Crippen LogP contribution in [0.5, 0.6) is 0 Å². The Morgan fingerprint density at radius 3 is 2.56 bits per heavy atom. The molecule has 3 N–H and O–H groups in total. The molecule has 0 radical (unpaired) electrons. The van der Waals surface area contributed by atoms with Crippen LogP contribution in [0.3, 0.4) is 0 Å². The van der Waals surface area contributed by atoms with Crippen LogP contribution in [-0.4, -0.2) is 54.5 Å². The third-order valence-electron chi connectivity index (χ3n) is 7.16. The summed E-state index contributed by atoms with van der Waals surface area (Å²) in [6, 6.07) is 13.1. The molecule has 2 fully saturated rings. The van der Waals surface area contributed by atoms with Crippen molar-refractivity contribution in [3.8, 4) is 0 Å². The van der Waals surface area contributed by atoms with E-state index in [4.69, 9.17) is 11.6 Å². The standard InChI is InChI=1S/C25H28ClN5O3/c1-3-19-13-31(15(2)11-27-19)20-8-5-17(6-9-20)25(23(33)28-24(34)29-25)14-30-12-16-4-7-18(26)10-21(16)22(30)32/h4-10,15,19,27H,3,11-14H2,1-2H3,(H2,28,29,33,34). The Hall–Kier alpha value is -3.10. The number of hydrogen-bond acceptors (Lipinski definition) is 5. The van der Waals surface area contributed by atoms with E-state index in [1.54, 1.807) is 17.0 Å². The van der Waals surface area contributed by atoms with Gasteiger partial charge in [0, 0.05) is 48.0 Å². The molecule has 3 heterocycles. The molecule has 0 aromatic heterocycles. The maximum Gasteiger partial charge on any atom is 0.322 e. The highest BCUT2D eigenvalue weighted by molar-refractivity contribution is 6.31. The van der Waals surface area contributed by atoms with E-state index in [-0.39, 0.29) is 12.5 Å². The highest BCUT2D eigenvalue weighted by atomic mass is 35.5. The first-order valence-corrected chi connectivity index (χ1v) is 12.0. The maximum atomic E-state index is 13.1. The lowest BCUT2D eigenvalue weighted by molar-refractivity contribution is -0.124. The summed E-state index contributed by atoms with van der Waals surface area (Å²) < 4.78 is 0. The van der Waals surface area contributed by atoms with Gasteiger partial charge in [-0.25, -0.2) is 4.79 Å². The largest absolute Gasteiger partial charge is 0.366 e. The molecule has 0 aliphatic carbocycles. The number of rotatable bonds is 5. The van der Waals surface area contributed by atoms with Crippen LogP contribution in [0, 0.1) is 0 Å². The maximum absolute atomic E-state index is 13.1. The number of benzene rings is 2. The summed E-state index contributed by atoms with van der Waals surface area (Å²) in [5, 5.41) is 9.20.